The Morgan fingerprint density at radius 1 is 1.16 bits per heavy atom. The van der Waals surface area contributed by atoms with Gasteiger partial charge in [0.15, 0.2) is 0 Å². The predicted molar refractivity (Wildman–Crippen MR) is 78.9 cm³/mol. The molecule has 0 aliphatic carbocycles. The molecular weight excluding hydrogens is 332 g/mol. The smallest absolute Gasteiger partial charge is 0.147 e. The van der Waals surface area contributed by atoms with E-state index in [1.165, 1.54) is 6.26 Å². The average molecular weight is 351 g/mol. The highest BCUT2D eigenvalue weighted by Crippen LogP contribution is 2.30. The lowest BCUT2D eigenvalue weighted by molar-refractivity contribution is 0.109. The van der Waals surface area contributed by atoms with E-state index in [-0.39, 0.29) is 19.0 Å². The second-order valence-corrected chi connectivity index (χ2v) is 8.01. The fourth-order valence-corrected chi connectivity index (χ4v) is 2.94. The van der Waals surface area contributed by atoms with Gasteiger partial charge in [0.2, 0.25) is 0 Å². The third-order valence-corrected chi connectivity index (χ3v) is 4.79. The summed E-state index contributed by atoms with van der Waals surface area (Å²) in [4.78, 5) is 0. The van der Waals surface area contributed by atoms with Gasteiger partial charge in [-0.3, -0.25) is 0 Å². The van der Waals surface area contributed by atoms with Crippen LogP contribution in [-0.4, -0.2) is 43.9 Å². The van der Waals surface area contributed by atoms with Gasteiger partial charge in [0.05, 0.1) is 13.2 Å². The van der Waals surface area contributed by atoms with Crippen molar-refractivity contribution >= 4 is 25.8 Å². The van der Waals surface area contributed by atoms with Crippen LogP contribution in [0.5, 0.6) is 0 Å². The molecule has 0 aromatic heterocycles. The van der Waals surface area contributed by atoms with Crippen LogP contribution in [0.4, 0.5) is 0 Å². The van der Waals surface area contributed by atoms with E-state index < -0.39 is 15.3 Å². The number of benzene rings is 1. The van der Waals surface area contributed by atoms with Crippen LogP contribution in [0, 0.1) is 0 Å². The molecule has 2 N–H and O–H groups in total. The van der Waals surface area contributed by atoms with E-state index in [0.717, 1.165) is 10.0 Å². The first-order valence-electron chi connectivity index (χ1n) is 5.98. The monoisotopic (exact) mass is 350 g/mol. The summed E-state index contributed by atoms with van der Waals surface area (Å²) in [5, 5.41) is 19.2. The summed E-state index contributed by atoms with van der Waals surface area (Å²) in [5.74, 6) is 0.0608. The number of aliphatic hydroxyl groups is 2. The van der Waals surface area contributed by atoms with E-state index in [1.807, 2.05) is 24.3 Å². The predicted octanol–water partition coefficient (Wildman–Crippen LogP) is 1.50. The topological polar surface area (TPSA) is 74.6 Å². The fourth-order valence-electron chi connectivity index (χ4n) is 2.01. The average Bonchev–Trinajstić information content (AvgIpc) is 2.35. The molecular formula is C13H19BrO4S. The highest BCUT2D eigenvalue weighted by molar-refractivity contribution is 9.10. The Balaban J connectivity index is 2.87. The molecule has 0 aliphatic rings. The molecule has 0 aliphatic heterocycles. The van der Waals surface area contributed by atoms with Gasteiger partial charge in [0.1, 0.15) is 9.84 Å². The zero-order valence-corrected chi connectivity index (χ0v) is 13.2. The summed E-state index contributed by atoms with van der Waals surface area (Å²) in [6.45, 7) is -0.427. The molecule has 19 heavy (non-hydrogen) atoms. The summed E-state index contributed by atoms with van der Waals surface area (Å²) < 4.78 is 23.2. The largest absolute Gasteiger partial charge is 0.395 e. The standard InChI is InChI=1S/C13H19BrO4S/c1-19(17,18)8-2-7-13(9-15,10-16)11-3-5-12(14)6-4-11/h3-6,15-16H,2,7-10H2,1H3. The number of hydrogen-bond donors (Lipinski definition) is 2. The molecule has 0 unspecified atom stereocenters. The number of aliphatic hydroxyl groups excluding tert-OH is 2. The zero-order chi connectivity index (χ0) is 14.5. The Labute approximate surface area is 122 Å². The van der Waals surface area contributed by atoms with E-state index in [0.29, 0.717) is 12.8 Å². The molecule has 0 atom stereocenters. The Hall–Kier alpha value is -0.430. The van der Waals surface area contributed by atoms with Gasteiger partial charge < -0.3 is 10.2 Å². The van der Waals surface area contributed by atoms with Crippen LogP contribution in [0.3, 0.4) is 0 Å². The molecule has 0 bridgehead atoms. The lowest BCUT2D eigenvalue weighted by Gasteiger charge is -2.30. The Morgan fingerprint density at radius 3 is 2.11 bits per heavy atom. The molecule has 0 amide bonds. The minimum Gasteiger partial charge on any atom is -0.395 e. The van der Waals surface area contributed by atoms with Gasteiger partial charge in [0, 0.05) is 21.9 Å². The maximum atomic E-state index is 11.1. The van der Waals surface area contributed by atoms with Crippen molar-refractivity contribution in [2.75, 3.05) is 25.2 Å². The molecule has 1 rings (SSSR count). The number of hydrogen-bond acceptors (Lipinski definition) is 4. The van der Waals surface area contributed by atoms with Gasteiger partial charge in [-0.25, -0.2) is 8.42 Å². The Bertz CT molecular complexity index is 492. The third-order valence-electron chi connectivity index (χ3n) is 3.23. The summed E-state index contributed by atoms with van der Waals surface area (Å²) in [6, 6.07) is 7.34. The molecule has 6 heteroatoms. The van der Waals surface area contributed by atoms with Gasteiger partial charge in [0.25, 0.3) is 0 Å². The van der Waals surface area contributed by atoms with Crippen molar-refractivity contribution in [2.24, 2.45) is 0 Å². The summed E-state index contributed by atoms with van der Waals surface area (Å²) in [7, 11) is -3.02. The number of rotatable bonds is 7. The molecule has 108 valence electrons. The van der Waals surface area contributed by atoms with Crippen molar-refractivity contribution in [2.45, 2.75) is 18.3 Å². The van der Waals surface area contributed by atoms with E-state index in [1.54, 1.807) is 0 Å². The van der Waals surface area contributed by atoms with E-state index in [4.69, 9.17) is 0 Å². The first-order chi connectivity index (χ1) is 8.83. The van der Waals surface area contributed by atoms with Crippen molar-refractivity contribution in [3.63, 3.8) is 0 Å². The van der Waals surface area contributed by atoms with Gasteiger partial charge in [-0.05, 0) is 30.5 Å². The van der Waals surface area contributed by atoms with Gasteiger partial charge in [-0.2, -0.15) is 0 Å². The van der Waals surface area contributed by atoms with Crippen LogP contribution < -0.4 is 0 Å². The summed E-state index contributed by atoms with van der Waals surface area (Å²) in [6.07, 6.45) is 2.02. The second-order valence-electron chi connectivity index (χ2n) is 4.84. The van der Waals surface area contributed by atoms with Crippen molar-refractivity contribution in [1.82, 2.24) is 0 Å². The lowest BCUT2D eigenvalue weighted by Crippen LogP contribution is -2.35. The maximum Gasteiger partial charge on any atom is 0.147 e. The van der Waals surface area contributed by atoms with Gasteiger partial charge in [-0.1, -0.05) is 28.1 Å². The van der Waals surface area contributed by atoms with Crippen LogP contribution in [0.1, 0.15) is 18.4 Å². The Kier molecular flexibility index (Phi) is 5.98. The maximum absolute atomic E-state index is 11.1. The molecule has 4 nitrogen and oxygen atoms in total. The molecule has 1 aromatic rings. The SMILES string of the molecule is CS(=O)(=O)CCCC(CO)(CO)c1ccc(Br)cc1. The molecule has 0 fully saturated rings. The Morgan fingerprint density at radius 2 is 1.68 bits per heavy atom. The van der Waals surface area contributed by atoms with E-state index >= 15 is 0 Å². The summed E-state index contributed by atoms with van der Waals surface area (Å²) in [5.41, 5.74) is 0.0278. The van der Waals surface area contributed by atoms with Crippen molar-refractivity contribution < 1.29 is 18.6 Å². The normalized spacial score (nSPS) is 12.6. The van der Waals surface area contributed by atoms with Gasteiger partial charge in [-0.15, -0.1) is 0 Å². The van der Waals surface area contributed by atoms with Crippen molar-refractivity contribution in [3.8, 4) is 0 Å². The quantitative estimate of drug-likeness (QED) is 0.781. The minimum atomic E-state index is -3.02. The molecule has 0 spiro atoms. The number of halogens is 1. The van der Waals surface area contributed by atoms with Crippen LogP contribution in [-0.2, 0) is 15.3 Å². The van der Waals surface area contributed by atoms with Gasteiger partial charge >= 0.3 is 0 Å². The van der Waals surface area contributed by atoms with Crippen molar-refractivity contribution in [3.05, 3.63) is 34.3 Å². The first kappa shape index (κ1) is 16.6. The van der Waals surface area contributed by atoms with Crippen LogP contribution in [0.25, 0.3) is 0 Å². The van der Waals surface area contributed by atoms with Crippen LogP contribution in [0.15, 0.2) is 28.7 Å². The lowest BCUT2D eigenvalue weighted by atomic mass is 9.78. The number of sulfone groups is 1. The van der Waals surface area contributed by atoms with Crippen LogP contribution in [0.2, 0.25) is 0 Å². The molecule has 0 heterocycles. The fraction of sp³-hybridized carbons (Fsp3) is 0.538. The van der Waals surface area contributed by atoms with E-state index in [2.05, 4.69) is 15.9 Å². The second kappa shape index (κ2) is 6.83. The van der Waals surface area contributed by atoms with Crippen LogP contribution >= 0.6 is 15.9 Å². The third kappa shape index (κ3) is 4.87. The molecule has 0 saturated carbocycles. The minimum absolute atomic E-state index is 0.0608. The zero-order valence-electron chi connectivity index (χ0n) is 10.8. The highest BCUT2D eigenvalue weighted by atomic mass is 79.9. The first-order valence-corrected chi connectivity index (χ1v) is 8.84. The molecule has 0 radical (unpaired) electrons. The van der Waals surface area contributed by atoms with E-state index in [9.17, 15) is 18.6 Å². The summed E-state index contributed by atoms with van der Waals surface area (Å²) >= 11 is 3.33. The van der Waals surface area contributed by atoms with Crippen molar-refractivity contribution in [1.29, 1.82) is 0 Å². The molecule has 1 aromatic carbocycles. The molecule has 0 saturated heterocycles. The highest BCUT2D eigenvalue weighted by Gasteiger charge is 2.30.